The summed E-state index contributed by atoms with van der Waals surface area (Å²) in [6.07, 6.45) is -3.70. The smallest absolute Gasteiger partial charge is 0.416 e. The predicted molar refractivity (Wildman–Crippen MR) is 105 cm³/mol. The maximum Gasteiger partial charge on any atom is 0.416 e. The molecule has 2 aromatic rings. The second kappa shape index (κ2) is 9.31. The van der Waals surface area contributed by atoms with Gasteiger partial charge >= 0.3 is 6.18 Å². The van der Waals surface area contributed by atoms with E-state index < -0.39 is 17.7 Å². The minimum Gasteiger partial charge on any atom is -0.496 e. The van der Waals surface area contributed by atoms with E-state index in [1.807, 2.05) is 35.2 Å². The lowest BCUT2D eigenvalue weighted by molar-refractivity contribution is -0.137. The van der Waals surface area contributed by atoms with Crippen molar-refractivity contribution in [2.75, 3.05) is 33.3 Å². The molecule has 0 bridgehead atoms. The monoisotopic (exact) mass is 406 g/mol. The number of methoxy groups -OCH3 is 1. The summed E-state index contributed by atoms with van der Waals surface area (Å²) in [5.41, 5.74) is 0.622. The largest absolute Gasteiger partial charge is 0.496 e. The summed E-state index contributed by atoms with van der Waals surface area (Å²) >= 11 is 0. The van der Waals surface area contributed by atoms with Crippen LogP contribution in [0, 0.1) is 0 Å². The number of nitrogens with one attached hydrogen (secondary N) is 1. The average Bonchev–Trinajstić information content (AvgIpc) is 2.74. The standard InChI is InChI=1S/C22H25F3N2O2/c1-29-20-10-8-18(22(23,24)25)15-17(20)7-9-19(16-5-3-2-4-6-16)21(28)27-13-11-26-12-14-27/h2-6,8,10,15,19,26H,7,9,11-14H2,1H3. The Labute approximate surface area is 168 Å². The van der Waals surface area contributed by atoms with Gasteiger partial charge in [0.05, 0.1) is 18.6 Å². The maximum absolute atomic E-state index is 13.2. The Kier molecular flexibility index (Phi) is 6.79. The number of halogens is 3. The van der Waals surface area contributed by atoms with Gasteiger partial charge < -0.3 is 15.0 Å². The van der Waals surface area contributed by atoms with Crippen LogP contribution in [0.2, 0.25) is 0 Å². The van der Waals surface area contributed by atoms with E-state index in [0.29, 0.717) is 37.2 Å². The fraction of sp³-hybridized carbons (Fsp3) is 0.409. The number of rotatable bonds is 6. The number of carbonyl (C=O) groups excluding carboxylic acids is 1. The first kappa shape index (κ1) is 21.2. The molecule has 0 spiro atoms. The Morgan fingerprint density at radius 1 is 1.14 bits per heavy atom. The van der Waals surface area contributed by atoms with Crippen molar-refractivity contribution < 1.29 is 22.7 Å². The highest BCUT2D eigenvalue weighted by atomic mass is 19.4. The van der Waals surface area contributed by atoms with Crippen molar-refractivity contribution >= 4 is 5.91 Å². The number of piperazine rings is 1. The highest BCUT2D eigenvalue weighted by molar-refractivity contribution is 5.84. The number of aryl methyl sites for hydroxylation is 1. The molecule has 156 valence electrons. The van der Waals surface area contributed by atoms with E-state index in [1.54, 1.807) is 0 Å². The van der Waals surface area contributed by atoms with Crippen molar-refractivity contribution in [3.8, 4) is 5.75 Å². The van der Waals surface area contributed by atoms with Gasteiger partial charge in [-0.3, -0.25) is 4.79 Å². The lowest BCUT2D eigenvalue weighted by Crippen LogP contribution is -2.48. The molecule has 7 heteroatoms. The highest BCUT2D eigenvalue weighted by Crippen LogP contribution is 2.34. The van der Waals surface area contributed by atoms with Gasteiger partial charge in [0.1, 0.15) is 5.75 Å². The van der Waals surface area contributed by atoms with Crippen LogP contribution in [0.1, 0.15) is 29.0 Å². The number of alkyl halides is 3. The molecule has 1 N–H and O–H groups in total. The summed E-state index contributed by atoms with van der Waals surface area (Å²) in [6, 6.07) is 12.9. The summed E-state index contributed by atoms with van der Waals surface area (Å²) in [5.74, 6) is 0.0108. The number of benzene rings is 2. The molecule has 0 radical (unpaired) electrons. The van der Waals surface area contributed by atoms with Crippen molar-refractivity contribution in [3.63, 3.8) is 0 Å². The Bertz CT molecular complexity index is 819. The topological polar surface area (TPSA) is 41.6 Å². The van der Waals surface area contributed by atoms with Gasteiger partial charge in [-0.2, -0.15) is 13.2 Å². The number of ether oxygens (including phenoxy) is 1. The molecule has 1 aliphatic heterocycles. The van der Waals surface area contributed by atoms with E-state index >= 15 is 0 Å². The number of nitrogens with zero attached hydrogens (tertiary/aromatic N) is 1. The van der Waals surface area contributed by atoms with Crippen LogP contribution >= 0.6 is 0 Å². The lowest BCUT2D eigenvalue weighted by Gasteiger charge is -2.31. The molecule has 1 saturated heterocycles. The van der Waals surface area contributed by atoms with Crippen molar-refractivity contribution in [3.05, 3.63) is 65.2 Å². The van der Waals surface area contributed by atoms with Crippen molar-refractivity contribution in [2.24, 2.45) is 0 Å². The van der Waals surface area contributed by atoms with E-state index in [4.69, 9.17) is 4.74 Å². The van der Waals surface area contributed by atoms with Gasteiger partial charge in [0.25, 0.3) is 0 Å². The Hall–Kier alpha value is -2.54. The van der Waals surface area contributed by atoms with Crippen molar-refractivity contribution in [1.82, 2.24) is 10.2 Å². The Balaban J connectivity index is 1.84. The third kappa shape index (κ3) is 5.29. The predicted octanol–water partition coefficient (Wildman–Crippen LogP) is 3.86. The fourth-order valence-corrected chi connectivity index (χ4v) is 3.67. The van der Waals surface area contributed by atoms with Crippen LogP contribution < -0.4 is 10.1 Å². The normalized spacial score (nSPS) is 15.8. The number of hydrogen-bond acceptors (Lipinski definition) is 3. The molecule has 1 atom stereocenters. The number of hydrogen-bond donors (Lipinski definition) is 1. The molecule has 3 rings (SSSR count). The van der Waals surface area contributed by atoms with Crippen LogP contribution in [0.4, 0.5) is 13.2 Å². The Morgan fingerprint density at radius 3 is 2.45 bits per heavy atom. The molecule has 29 heavy (non-hydrogen) atoms. The summed E-state index contributed by atoms with van der Waals surface area (Å²) in [7, 11) is 1.44. The summed E-state index contributed by atoms with van der Waals surface area (Å²) in [4.78, 5) is 15.0. The van der Waals surface area contributed by atoms with Gasteiger partial charge in [-0.1, -0.05) is 30.3 Å². The average molecular weight is 406 g/mol. The molecule has 1 fully saturated rings. The van der Waals surface area contributed by atoms with E-state index in [9.17, 15) is 18.0 Å². The molecular weight excluding hydrogens is 381 g/mol. The minimum atomic E-state index is -4.42. The zero-order valence-corrected chi connectivity index (χ0v) is 16.3. The molecule has 1 aliphatic rings. The van der Waals surface area contributed by atoms with Crippen LogP contribution in [0.5, 0.6) is 5.75 Å². The number of carbonyl (C=O) groups is 1. The van der Waals surface area contributed by atoms with Gasteiger partial charge in [-0.25, -0.2) is 0 Å². The first-order valence-corrected chi connectivity index (χ1v) is 9.68. The van der Waals surface area contributed by atoms with E-state index in [-0.39, 0.29) is 5.91 Å². The molecule has 4 nitrogen and oxygen atoms in total. The second-order valence-corrected chi connectivity index (χ2v) is 7.10. The van der Waals surface area contributed by atoms with Crippen molar-refractivity contribution in [2.45, 2.75) is 24.9 Å². The van der Waals surface area contributed by atoms with Gasteiger partial charge in [0.2, 0.25) is 5.91 Å². The molecule has 0 aliphatic carbocycles. The summed E-state index contributed by atoms with van der Waals surface area (Å²) in [5, 5.41) is 3.22. The molecule has 1 unspecified atom stereocenters. The SMILES string of the molecule is COc1ccc(C(F)(F)F)cc1CCC(C(=O)N1CCNCC1)c1ccccc1. The van der Waals surface area contributed by atoms with Crippen LogP contribution in [0.3, 0.4) is 0 Å². The summed E-state index contributed by atoms with van der Waals surface area (Å²) in [6.45, 7) is 2.76. The quantitative estimate of drug-likeness (QED) is 0.792. The van der Waals surface area contributed by atoms with Gasteiger partial charge in [0.15, 0.2) is 0 Å². The van der Waals surface area contributed by atoms with Crippen LogP contribution in [-0.4, -0.2) is 44.1 Å². The lowest BCUT2D eigenvalue weighted by atomic mass is 9.90. The molecule has 2 aromatic carbocycles. The van der Waals surface area contributed by atoms with Gasteiger partial charge in [0, 0.05) is 26.2 Å². The fourth-order valence-electron chi connectivity index (χ4n) is 3.67. The van der Waals surface area contributed by atoms with E-state index in [2.05, 4.69) is 5.32 Å². The summed E-state index contributed by atoms with van der Waals surface area (Å²) < 4.78 is 44.6. The molecular formula is C22H25F3N2O2. The van der Waals surface area contributed by atoms with E-state index in [0.717, 1.165) is 30.8 Å². The Morgan fingerprint density at radius 2 is 1.83 bits per heavy atom. The molecule has 0 aromatic heterocycles. The molecule has 0 saturated carbocycles. The van der Waals surface area contributed by atoms with Crippen LogP contribution in [-0.2, 0) is 17.4 Å². The second-order valence-electron chi connectivity index (χ2n) is 7.10. The zero-order chi connectivity index (χ0) is 20.9. The highest BCUT2D eigenvalue weighted by Gasteiger charge is 2.32. The molecule has 1 amide bonds. The third-order valence-electron chi connectivity index (χ3n) is 5.24. The minimum absolute atomic E-state index is 0.0173. The first-order valence-electron chi connectivity index (χ1n) is 9.68. The van der Waals surface area contributed by atoms with Crippen LogP contribution in [0.25, 0.3) is 0 Å². The zero-order valence-electron chi connectivity index (χ0n) is 16.3. The van der Waals surface area contributed by atoms with E-state index in [1.165, 1.54) is 13.2 Å². The maximum atomic E-state index is 13.2. The third-order valence-corrected chi connectivity index (χ3v) is 5.24. The number of amides is 1. The van der Waals surface area contributed by atoms with Gasteiger partial charge in [-0.15, -0.1) is 0 Å². The first-order chi connectivity index (χ1) is 13.9. The molecule has 1 heterocycles. The van der Waals surface area contributed by atoms with Crippen molar-refractivity contribution in [1.29, 1.82) is 0 Å². The van der Waals surface area contributed by atoms with Crippen LogP contribution in [0.15, 0.2) is 48.5 Å². The van der Waals surface area contributed by atoms with Gasteiger partial charge in [-0.05, 0) is 42.2 Å².